The van der Waals surface area contributed by atoms with Crippen LogP contribution in [0, 0.1) is 25.7 Å². The molecule has 0 radical (unpaired) electrons. The summed E-state index contributed by atoms with van der Waals surface area (Å²) in [7, 11) is 0. The number of fused-ring (bicyclic) bond motifs is 4. The third-order valence-electron chi connectivity index (χ3n) is 7.32. The van der Waals surface area contributed by atoms with Crippen LogP contribution in [-0.4, -0.2) is 40.7 Å². The summed E-state index contributed by atoms with van der Waals surface area (Å²) in [5.74, 6) is -3.75. The van der Waals surface area contributed by atoms with E-state index in [0.717, 1.165) is 11.1 Å². The summed E-state index contributed by atoms with van der Waals surface area (Å²) in [4.78, 5) is 52.6. The molecule has 1 aromatic rings. The summed E-state index contributed by atoms with van der Waals surface area (Å²) in [5, 5.41) is 15.8. The average molecular weight is 413 g/mol. The zero-order valence-electron chi connectivity index (χ0n) is 17.7. The van der Waals surface area contributed by atoms with Crippen LogP contribution in [0.25, 0.3) is 0 Å². The fraction of sp³-hybridized carbons (Fsp3) is 0.545. The molecule has 3 heterocycles. The van der Waals surface area contributed by atoms with E-state index in [1.54, 1.807) is 5.32 Å². The Labute approximate surface area is 175 Å². The van der Waals surface area contributed by atoms with Gasteiger partial charge in [0.2, 0.25) is 17.4 Å². The van der Waals surface area contributed by atoms with Gasteiger partial charge in [0.15, 0.2) is 0 Å². The lowest BCUT2D eigenvalue weighted by molar-refractivity contribution is -0.734. The molecule has 3 N–H and O–H groups in total. The number of hydrogen-bond acceptors (Lipinski definition) is 5. The van der Waals surface area contributed by atoms with Gasteiger partial charge in [-0.05, 0) is 50.8 Å². The molecule has 0 unspecified atom stereocenters. The molecule has 5 atom stereocenters. The molecule has 1 aromatic carbocycles. The number of carboxylic acids is 1. The largest absolute Gasteiger partial charge is 0.550 e. The Morgan fingerprint density at radius 2 is 1.97 bits per heavy atom. The molecule has 3 amide bonds. The molecule has 160 valence electrons. The Hall–Kier alpha value is -2.74. The maximum atomic E-state index is 13.5. The first-order chi connectivity index (χ1) is 14.1. The zero-order valence-corrected chi connectivity index (χ0v) is 17.7. The average Bonchev–Trinajstić information content (AvgIpc) is 3.28. The van der Waals surface area contributed by atoms with Crippen molar-refractivity contribution in [2.24, 2.45) is 11.8 Å². The number of hydrogen-bond donors (Lipinski definition) is 2. The Kier molecular flexibility index (Phi) is 4.73. The summed E-state index contributed by atoms with van der Waals surface area (Å²) in [6, 6.07) is 3.00. The van der Waals surface area contributed by atoms with Crippen molar-refractivity contribution in [3.8, 4) is 0 Å². The summed E-state index contributed by atoms with van der Waals surface area (Å²) in [6.45, 7) is 7.59. The summed E-state index contributed by atoms with van der Waals surface area (Å²) >= 11 is 0. The van der Waals surface area contributed by atoms with Crippen molar-refractivity contribution < 1.29 is 29.6 Å². The number of likely N-dealkylation sites (tertiary alicyclic amines) is 1. The van der Waals surface area contributed by atoms with E-state index < -0.39 is 29.4 Å². The van der Waals surface area contributed by atoms with Crippen LogP contribution >= 0.6 is 0 Å². The van der Waals surface area contributed by atoms with Gasteiger partial charge < -0.3 is 20.5 Å². The minimum absolute atomic E-state index is 0.159. The van der Waals surface area contributed by atoms with Gasteiger partial charge in [0.25, 0.3) is 5.91 Å². The molecule has 8 nitrogen and oxygen atoms in total. The standard InChI is InChI=1S/C22H27N3O5/c1-5-11(3)25-19(28)16-14(8-9-15(26)27)24-22(17(16)20(25)29)13-7-6-10(2)12(4)18(13)23-21(22)30/h6-7,11,14,16-17,24H,5,8-9H2,1-4H3,(H,23,30)(H,26,27)/t11-,14+,16-,17+,22-/m1/s1. The second kappa shape index (κ2) is 6.91. The minimum atomic E-state index is -1.26. The maximum Gasteiger partial charge on any atom is 0.291 e. The molecular formula is C22H27N3O5. The van der Waals surface area contributed by atoms with Crippen molar-refractivity contribution in [2.75, 3.05) is 5.32 Å². The Balaban J connectivity index is 1.87. The SMILES string of the molecule is CC[C@@H](C)N1C(=O)[C@@H]2[C@H](CCC(=O)[O-])[NH2+][C@@]3(C(=O)Nc4c3ccc(C)c4C)[C@@H]2C1=O. The van der Waals surface area contributed by atoms with Crippen molar-refractivity contribution in [3.63, 3.8) is 0 Å². The van der Waals surface area contributed by atoms with E-state index in [4.69, 9.17) is 0 Å². The normalized spacial score (nSPS) is 30.6. The van der Waals surface area contributed by atoms with Crippen molar-refractivity contribution in [1.82, 2.24) is 4.90 Å². The number of quaternary nitrogens is 1. The van der Waals surface area contributed by atoms with Crippen LogP contribution in [0.1, 0.15) is 49.8 Å². The number of benzene rings is 1. The monoisotopic (exact) mass is 413 g/mol. The van der Waals surface area contributed by atoms with Crippen molar-refractivity contribution in [1.29, 1.82) is 0 Å². The van der Waals surface area contributed by atoms with Gasteiger partial charge in [-0.15, -0.1) is 0 Å². The van der Waals surface area contributed by atoms with E-state index in [1.807, 2.05) is 39.8 Å². The lowest BCUT2D eigenvalue weighted by Gasteiger charge is -2.28. The van der Waals surface area contributed by atoms with Gasteiger partial charge in [-0.1, -0.05) is 13.0 Å². The highest BCUT2D eigenvalue weighted by Crippen LogP contribution is 2.50. The highest BCUT2D eigenvalue weighted by Gasteiger charge is 2.74. The van der Waals surface area contributed by atoms with E-state index in [-0.39, 0.29) is 36.6 Å². The quantitative estimate of drug-likeness (QED) is 0.620. The second-order valence-corrected chi connectivity index (χ2v) is 8.80. The van der Waals surface area contributed by atoms with Crippen molar-refractivity contribution in [3.05, 3.63) is 28.8 Å². The number of aliphatic carboxylic acids is 1. The number of imide groups is 1. The predicted octanol–water partition coefficient (Wildman–Crippen LogP) is -0.674. The minimum Gasteiger partial charge on any atom is -0.550 e. The Morgan fingerprint density at radius 1 is 1.27 bits per heavy atom. The Morgan fingerprint density at radius 3 is 2.60 bits per heavy atom. The molecular weight excluding hydrogens is 386 g/mol. The first-order valence-electron chi connectivity index (χ1n) is 10.5. The van der Waals surface area contributed by atoms with Crippen LogP contribution in [0.3, 0.4) is 0 Å². The molecule has 0 bridgehead atoms. The molecule has 0 aliphatic carbocycles. The maximum absolute atomic E-state index is 13.5. The molecule has 3 aliphatic heterocycles. The fourth-order valence-electron chi connectivity index (χ4n) is 5.47. The fourth-order valence-corrected chi connectivity index (χ4v) is 5.47. The summed E-state index contributed by atoms with van der Waals surface area (Å²) < 4.78 is 0. The highest BCUT2D eigenvalue weighted by molar-refractivity contribution is 6.14. The molecule has 8 heteroatoms. The lowest BCUT2D eigenvalue weighted by Crippen LogP contribution is -2.99. The van der Waals surface area contributed by atoms with Gasteiger partial charge >= 0.3 is 0 Å². The number of carbonyl (C=O) groups excluding carboxylic acids is 4. The number of nitrogens with one attached hydrogen (secondary N) is 1. The van der Waals surface area contributed by atoms with Crippen molar-refractivity contribution >= 4 is 29.4 Å². The Bertz CT molecular complexity index is 974. The topological polar surface area (TPSA) is 123 Å². The van der Waals surface area contributed by atoms with Crippen LogP contribution in [0.4, 0.5) is 5.69 Å². The van der Waals surface area contributed by atoms with Gasteiger partial charge in [0.1, 0.15) is 17.9 Å². The molecule has 1 spiro atoms. The number of rotatable bonds is 5. The lowest BCUT2D eigenvalue weighted by atomic mass is 9.76. The van der Waals surface area contributed by atoms with Crippen molar-refractivity contribution in [2.45, 2.75) is 64.6 Å². The van der Waals surface area contributed by atoms with Gasteiger partial charge in [-0.25, -0.2) is 0 Å². The predicted molar refractivity (Wildman–Crippen MR) is 105 cm³/mol. The van der Waals surface area contributed by atoms with Crippen LogP contribution in [0.15, 0.2) is 12.1 Å². The summed E-state index contributed by atoms with van der Waals surface area (Å²) in [5.41, 5.74) is 2.08. The first kappa shape index (κ1) is 20.5. The number of amides is 3. The number of nitrogens with two attached hydrogens (primary N) is 1. The number of carbonyl (C=O) groups is 4. The summed E-state index contributed by atoms with van der Waals surface area (Å²) in [6.07, 6.45) is 0.539. The van der Waals surface area contributed by atoms with Crippen LogP contribution < -0.4 is 15.7 Å². The van der Waals surface area contributed by atoms with E-state index in [9.17, 15) is 24.3 Å². The van der Waals surface area contributed by atoms with Gasteiger partial charge in [0.05, 0.1) is 5.69 Å². The molecule has 4 rings (SSSR count). The molecule has 2 saturated heterocycles. The third-order valence-corrected chi connectivity index (χ3v) is 7.32. The van der Waals surface area contributed by atoms with Crippen LogP contribution in [0.5, 0.6) is 0 Å². The van der Waals surface area contributed by atoms with E-state index in [2.05, 4.69) is 5.32 Å². The molecule has 30 heavy (non-hydrogen) atoms. The number of aryl methyl sites for hydroxylation is 1. The zero-order chi connectivity index (χ0) is 22.0. The van der Waals surface area contributed by atoms with Gasteiger partial charge in [-0.2, -0.15) is 0 Å². The number of anilines is 1. The number of carboxylic acid groups (broad SMARTS) is 1. The molecule has 3 aliphatic rings. The van der Waals surface area contributed by atoms with Gasteiger partial charge in [-0.3, -0.25) is 19.3 Å². The van der Waals surface area contributed by atoms with E-state index >= 15 is 0 Å². The smallest absolute Gasteiger partial charge is 0.291 e. The second-order valence-electron chi connectivity index (χ2n) is 8.80. The van der Waals surface area contributed by atoms with Crippen LogP contribution in [-0.2, 0) is 24.7 Å². The number of nitrogens with zero attached hydrogens (tertiary/aromatic N) is 1. The first-order valence-corrected chi connectivity index (χ1v) is 10.5. The van der Waals surface area contributed by atoms with Gasteiger partial charge in [0, 0.05) is 24.0 Å². The van der Waals surface area contributed by atoms with Crippen LogP contribution in [0.2, 0.25) is 0 Å². The molecule has 0 saturated carbocycles. The van der Waals surface area contributed by atoms with E-state index in [0.29, 0.717) is 17.7 Å². The van der Waals surface area contributed by atoms with E-state index in [1.165, 1.54) is 4.90 Å². The highest BCUT2D eigenvalue weighted by atomic mass is 16.4. The molecule has 2 fully saturated rings. The molecule has 0 aromatic heterocycles. The third kappa shape index (κ3) is 2.56.